The van der Waals surface area contributed by atoms with Gasteiger partial charge in [0.2, 0.25) is 0 Å². The average Bonchev–Trinajstić information content (AvgIpc) is 2.65. The topological polar surface area (TPSA) is 75.8 Å². The van der Waals surface area contributed by atoms with E-state index in [2.05, 4.69) is 11.1 Å². The molecule has 1 rings (SSSR count). The predicted octanol–water partition coefficient (Wildman–Crippen LogP) is 1.79. The lowest BCUT2D eigenvalue weighted by Gasteiger charge is -2.13. The first-order valence-corrected chi connectivity index (χ1v) is 5.35. The van der Waals surface area contributed by atoms with Gasteiger partial charge in [0.1, 0.15) is 11.8 Å². The number of nitriles is 1. The highest BCUT2D eigenvalue weighted by atomic mass is 32.2. The Bertz CT molecular complexity index is 302. The maximum absolute atomic E-state index is 8.66. The monoisotopic (exact) mass is 211 g/mol. The summed E-state index contributed by atoms with van der Waals surface area (Å²) in [4.78, 5) is 3.97. The second-order valence-electron chi connectivity index (χ2n) is 3.28. The Morgan fingerprint density at radius 3 is 3.14 bits per heavy atom. The summed E-state index contributed by atoms with van der Waals surface area (Å²) in [5.41, 5.74) is 4.95. The Balaban J connectivity index is 2.15. The van der Waals surface area contributed by atoms with Crippen molar-refractivity contribution in [1.82, 2.24) is 4.98 Å². The van der Waals surface area contributed by atoms with Crippen LogP contribution in [0.2, 0.25) is 0 Å². The van der Waals surface area contributed by atoms with Gasteiger partial charge in [-0.3, -0.25) is 0 Å². The molecule has 5 heteroatoms. The molecule has 14 heavy (non-hydrogen) atoms. The fourth-order valence-electron chi connectivity index (χ4n) is 0.936. The zero-order valence-electron chi connectivity index (χ0n) is 8.06. The summed E-state index contributed by atoms with van der Waals surface area (Å²) in [5.74, 6) is 0.870. The molecule has 1 atom stereocenters. The van der Waals surface area contributed by atoms with E-state index in [9.17, 15) is 0 Å². The summed E-state index contributed by atoms with van der Waals surface area (Å²) >= 11 is 1.54. The molecular formula is C9H13N3OS. The molecule has 1 aromatic heterocycles. The van der Waals surface area contributed by atoms with Gasteiger partial charge in [0, 0.05) is 5.75 Å². The predicted molar refractivity (Wildman–Crippen MR) is 54.7 cm³/mol. The molecule has 0 amide bonds. The van der Waals surface area contributed by atoms with Gasteiger partial charge in [0.05, 0.1) is 12.3 Å². The zero-order chi connectivity index (χ0) is 10.4. The molecular weight excluding hydrogens is 198 g/mol. The molecule has 76 valence electrons. The van der Waals surface area contributed by atoms with Gasteiger partial charge in [-0.05, 0) is 19.8 Å². The van der Waals surface area contributed by atoms with Crippen LogP contribution in [-0.4, -0.2) is 16.3 Å². The molecule has 0 aliphatic rings. The summed E-state index contributed by atoms with van der Waals surface area (Å²) in [6.07, 6.45) is 4.74. The minimum Gasteiger partial charge on any atom is -0.440 e. The lowest BCUT2D eigenvalue weighted by molar-refractivity contribution is 0.453. The van der Waals surface area contributed by atoms with Gasteiger partial charge < -0.3 is 10.2 Å². The Kier molecular flexibility index (Phi) is 3.98. The molecule has 0 spiro atoms. The van der Waals surface area contributed by atoms with Crippen molar-refractivity contribution >= 4 is 11.8 Å². The largest absolute Gasteiger partial charge is 0.440 e. The van der Waals surface area contributed by atoms with Crippen LogP contribution in [0.5, 0.6) is 0 Å². The minimum atomic E-state index is -0.711. The van der Waals surface area contributed by atoms with Gasteiger partial charge in [-0.15, -0.1) is 0 Å². The van der Waals surface area contributed by atoms with E-state index in [1.54, 1.807) is 19.4 Å². The van der Waals surface area contributed by atoms with Crippen molar-refractivity contribution in [2.75, 3.05) is 5.75 Å². The Labute approximate surface area is 87.5 Å². The molecule has 1 unspecified atom stereocenters. The second kappa shape index (κ2) is 5.03. The second-order valence-corrected chi connectivity index (χ2v) is 4.33. The molecule has 0 radical (unpaired) electrons. The Morgan fingerprint density at radius 1 is 1.79 bits per heavy atom. The average molecular weight is 211 g/mol. The third kappa shape index (κ3) is 3.81. The van der Waals surface area contributed by atoms with Gasteiger partial charge in [0.15, 0.2) is 0 Å². The highest BCUT2D eigenvalue weighted by molar-refractivity contribution is 7.99. The Morgan fingerprint density at radius 2 is 2.57 bits per heavy atom. The smallest absolute Gasteiger partial charge is 0.255 e. The third-order valence-corrected chi connectivity index (χ3v) is 2.67. The zero-order valence-corrected chi connectivity index (χ0v) is 8.88. The SMILES string of the molecule is CC(N)(C#N)CCCSc1ncco1. The van der Waals surface area contributed by atoms with Crippen molar-refractivity contribution in [3.63, 3.8) is 0 Å². The molecule has 4 nitrogen and oxygen atoms in total. The fraction of sp³-hybridized carbons (Fsp3) is 0.556. The number of oxazole rings is 1. The van der Waals surface area contributed by atoms with E-state index in [4.69, 9.17) is 15.4 Å². The lowest BCUT2D eigenvalue weighted by atomic mass is 10.0. The molecule has 0 aromatic carbocycles. The number of nitrogens with two attached hydrogens (primary N) is 1. The van der Waals surface area contributed by atoms with Gasteiger partial charge >= 0.3 is 0 Å². The first-order valence-electron chi connectivity index (χ1n) is 4.36. The molecule has 0 aliphatic carbocycles. The van der Waals surface area contributed by atoms with Crippen LogP contribution in [0.25, 0.3) is 0 Å². The number of hydrogen-bond acceptors (Lipinski definition) is 5. The fourth-order valence-corrected chi connectivity index (χ4v) is 1.66. The summed E-state index contributed by atoms with van der Waals surface area (Å²) in [6, 6.07) is 2.06. The third-order valence-electron chi connectivity index (χ3n) is 1.73. The van der Waals surface area contributed by atoms with Crippen LogP contribution >= 0.6 is 11.8 Å². The number of aromatic nitrogens is 1. The van der Waals surface area contributed by atoms with E-state index in [0.717, 1.165) is 12.2 Å². The van der Waals surface area contributed by atoms with E-state index in [0.29, 0.717) is 11.6 Å². The van der Waals surface area contributed by atoms with Crippen molar-refractivity contribution in [2.45, 2.75) is 30.5 Å². The van der Waals surface area contributed by atoms with Gasteiger partial charge in [-0.1, -0.05) is 11.8 Å². The van der Waals surface area contributed by atoms with Crippen molar-refractivity contribution in [2.24, 2.45) is 5.73 Å². The molecule has 0 fully saturated rings. The number of rotatable bonds is 5. The molecule has 1 aromatic rings. The summed E-state index contributed by atoms with van der Waals surface area (Å²) in [5, 5.41) is 9.33. The normalized spacial score (nSPS) is 14.6. The van der Waals surface area contributed by atoms with Crippen molar-refractivity contribution in [3.05, 3.63) is 12.5 Å². The molecule has 0 aliphatic heterocycles. The number of hydrogen-bond donors (Lipinski definition) is 1. The van der Waals surface area contributed by atoms with E-state index in [1.165, 1.54) is 11.8 Å². The molecule has 0 saturated heterocycles. The van der Waals surface area contributed by atoms with E-state index >= 15 is 0 Å². The van der Waals surface area contributed by atoms with E-state index in [1.807, 2.05) is 0 Å². The van der Waals surface area contributed by atoms with Crippen molar-refractivity contribution < 1.29 is 4.42 Å². The first kappa shape index (κ1) is 11.1. The van der Waals surface area contributed by atoms with Gasteiger partial charge in [-0.2, -0.15) is 5.26 Å². The Hall–Kier alpha value is -0.990. The van der Waals surface area contributed by atoms with Crippen molar-refractivity contribution in [3.8, 4) is 6.07 Å². The molecule has 0 bridgehead atoms. The van der Waals surface area contributed by atoms with Crippen LogP contribution in [0.4, 0.5) is 0 Å². The van der Waals surface area contributed by atoms with E-state index < -0.39 is 5.54 Å². The van der Waals surface area contributed by atoms with Crippen LogP contribution < -0.4 is 5.73 Å². The van der Waals surface area contributed by atoms with Gasteiger partial charge in [0.25, 0.3) is 5.22 Å². The van der Waals surface area contributed by atoms with Crippen LogP contribution in [-0.2, 0) is 0 Å². The van der Waals surface area contributed by atoms with Gasteiger partial charge in [-0.25, -0.2) is 4.98 Å². The summed E-state index contributed by atoms with van der Waals surface area (Å²) in [7, 11) is 0. The maximum Gasteiger partial charge on any atom is 0.255 e. The minimum absolute atomic E-state index is 0.667. The summed E-state index contributed by atoms with van der Waals surface area (Å²) < 4.78 is 5.05. The highest BCUT2D eigenvalue weighted by Crippen LogP contribution is 2.18. The van der Waals surface area contributed by atoms with E-state index in [-0.39, 0.29) is 0 Å². The quantitative estimate of drug-likeness (QED) is 0.593. The highest BCUT2D eigenvalue weighted by Gasteiger charge is 2.16. The standard InChI is InChI=1S/C9H13N3OS/c1-9(11,7-10)3-2-6-14-8-12-4-5-13-8/h4-5H,2-3,6,11H2,1H3. The number of thioether (sulfide) groups is 1. The summed E-state index contributed by atoms with van der Waals surface area (Å²) in [6.45, 7) is 1.74. The maximum atomic E-state index is 8.66. The van der Waals surface area contributed by atoms with Crippen LogP contribution in [0.3, 0.4) is 0 Å². The molecule has 0 saturated carbocycles. The van der Waals surface area contributed by atoms with Crippen LogP contribution in [0.15, 0.2) is 22.1 Å². The molecule has 2 N–H and O–H groups in total. The van der Waals surface area contributed by atoms with Crippen LogP contribution in [0.1, 0.15) is 19.8 Å². The first-order chi connectivity index (χ1) is 6.64. The van der Waals surface area contributed by atoms with Crippen molar-refractivity contribution in [1.29, 1.82) is 5.26 Å². The van der Waals surface area contributed by atoms with Crippen LogP contribution in [0, 0.1) is 11.3 Å². The lowest BCUT2D eigenvalue weighted by Crippen LogP contribution is -2.33. The molecule has 1 heterocycles. The number of nitrogens with zero attached hydrogens (tertiary/aromatic N) is 2.